The maximum Gasteiger partial charge on any atom is 0.250 e. The number of thioether (sulfide) groups is 1. The third-order valence-electron chi connectivity index (χ3n) is 4.89. The van der Waals surface area contributed by atoms with Gasteiger partial charge in [0.05, 0.1) is 12.0 Å². The summed E-state index contributed by atoms with van der Waals surface area (Å²) >= 11 is 5.01. The molecule has 0 aromatic heterocycles. The van der Waals surface area contributed by atoms with Gasteiger partial charge < -0.3 is 4.74 Å². The lowest BCUT2D eigenvalue weighted by Gasteiger charge is -2.07. The number of halogens is 1. The van der Waals surface area contributed by atoms with Crippen LogP contribution in [0.4, 0.5) is 0 Å². The third kappa shape index (κ3) is 7.20. The van der Waals surface area contributed by atoms with E-state index in [1.165, 1.54) is 16.3 Å². The number of carbonyl (C=O) groups excluding carboxylic acids is 1. The van der Waals surface area contributed by atoms with Gasteiger partial charge >= 0.3 is 0 Å². The number of carbonyl (C=O) groups is 1. The zero-order chi connectivity index (χ0) is 22.9. The Kier molecular flexibility index (Phi) is 8.17. The van der Waals surface area contributed by atoms with Crippen LogP contribution < -0.4 is 10.2 Å². The van der Waals surface area contributed by atoms with E-state index < -0.39 is 0 Å². The van der Waals surface area contributed by atoms with Crippen molar-refractivity contribution >= 4 is 50.6 Å². The zero-order valence-corrected chi connectivity index (χ0v) is 20.3. The number of amides is 1. The van der Waals surface area contributed by atoms with E-state index in [1.54, 1.807) is 18.0 Å². The normalized spacial score (nSPS) is 11.1. The lowest BCUT2D eigenvalue weighted by molar-refractivity contribution is -0.118. The van der Waals surface area contributed by atoms with Crippen molar-refractivity contribution < 1.29 is 9.53 Å². The minimum Gasteiger partial charge on any atom is -0.489 e. The van der Waals surface area contributed by atoms with Gasteiger partial charge in [-0.3, -0.25) is 4.79 Å². The number of nitrogens with zero attached hydrogens (tertiary/aromatic N) is 1. The van der Waals surface area contributed by atoms with Gasteiger partial charge in [0.15, 0.2) is 0 Å². The van der Waals surface area contributed by atoms with Crippen molar-refractivity contribution in [1.29, 1.82) is 0 Å². The maximum absolute atomic E-state index is 12.0. The van der Waals surface area contributed by atoms with Crippen LogP contribution in [-0.2, 0) is 17.2 Å². The molecule has 0 atom stereocenters. The number of hydrazone groups is 1. The molecule has 0 saturated heterocycles. The summed E-state index contributed by atoms with van der Waals surface area (Å²) < 4.78 is 6.95. The summed E-state index contributed by atoms with van der Waals surface area (Å²) in [6.45, 7) is 0.506. The molecule has 0 bridgehead atoms. The number of ether oxygens (including phenoxy) is 1. The Bertz CT molecular complexity index is 1260. The average Bonchev–Trinajstić information content (AvgIpc) is 2.83. The van der Waals surface area contributed by atoms with Gasteiger partial charge in [0.1, 0.15) is 12.4 Å². The van der Waals surface area contributed by atoms with Gasteiger partial charge in [-0.05, 0) is 69.9 Å². The second-order valence-electron chi connectivity index (χ2n) is 7.46. The summed E-state index contributed by atoms with van der Waals surface area (Å²) in [4.78, 5) is 12.0. The molecule has 33 heavy (non-hydrogen) atoms. The second-order valence-corrected chi connectivity index (χ2v) is 9.36. The van der Waals surface area contributed by atoms with Crippen LogP contribution >= 0.6 is 27.7 Å². The highest BCUT2D eigenvalue weighted by molar-refractivity contribution is 9.10. The lowest BCUT2D eigenvalue weighted by atomic mass is 10.1. The van der Waals surface area contributed by atoms with Gasteiger partial charge in [-0.25, -0.2) is 5.43 Å². The SMILES string of the molecule is O=C(CSCc1cccc(Br)c1)N/N=C\c1ccc(OCc2ccc3ccccc3c2)cc1. The van der Waals surface area contributed by atoms with Gasteiger partial charge in [0.2, 0.25) is 5.91 Å². The van der Waals surface area contributed by atoms with Crippen molar-refractivity contribution in [3.05, 3.63) is 112 Å². The van der Waals surface area contributed by atoms with Crippen LogP contribution in [0.2, 0.25) is 0 Å². The van der Waals surface area contributed by atoms with Gasteiger partial charge in [-0.1, -0.05) is 64.5 Å². The van der Waals surface area contributed by atoms with E-state index in [9.17, 15) is 4.79 Å². The number of hydrogen-bond donors (Lipinski definition) is 1. The van der Waals surface area contributed by atoms with Crippen molar-refractivity contribution in [2.75, 3.05) is 5.75 Å². The molecule has 4 rings (SSSR count). The van der Waals surface area contributed by atoms with E-state index in [0.717, 1.165) is 27.1 Å². The Hall–Kier alpha value is -3.09. The van der Waals surface area contributed by atoms with Crippen LogP contribution in [0, 0.1) is 0 Å². The van der Waals surface area contributed by atoms with Crippen LogP contribution in [0.5, 0.6) is 5.75 Å². The summed E-state index contributed by atoms with van der Waals surface area (Å²) in [6, 6.07) is 30.3. The highest BCUT2D eigenvalue weighted by Crippen LogP contribution is 2.19. The first-order chi connectivity index (χ1) is 16.2. The van der Waals surface area contributed by atoms with E-state index in [-0.39, 0.29) is 5.91 Å². The van der Waals surface area contributed by atoms with Crippen LogP contribution in [0.15, 0.2) is 101 Å². The predicted octanol–water partition coefficient (Wildman–Crippen LogP) is 6.56. The van der Waals surface area contributed by atoms with E-state index >= 15 is 0 Å². The first-order valence-electron chi connectivity index (χ1n) is 10.5. The predicted molar refractivity (Wildman–Crippen MR) is 141 cm³/mol. The molecule has 0 aliphatic carbocycles. The summed E-state index contributed by atoms with van der Waals surface area (Å²) in [7, 11) is 0. The number of benzene rings is 4. The largest absolute Gasteiger partial charge is 0.489 e. The topological polar surface area (TPSA) is 50.7 Å². The molecule has 0 saturated carbocycles. The van der Waals surface area contributed by atoms with Crippen molar-refractivity contribution in [1.82, 2.24) is 5.43 Å². The Balaban J connectivity index is 1.20. The summed E-state index contributed by atoms with van der Waals surface area (Å²) in [6.07, 6.45) is 1.63. The second kappa shape index (κ2) is 11.7. The van der Waals surface area contributed by atoms with Crippen molar-refractivity contribution in [2.45, 2.75) is 12.4 Å². The summed E-state index contributed by atoms with van der Waals surface area (Å²) in [5.74, 6) is 1.79. The van der Waals surface area contributed by atoms with E-state index in [4.69, 9.17) is 4.74 Å². The molecule has 0 unspecified atom stereocenters. The van der Waals surface area contributed by atoms with Crippen molar-refractivity contribution in [3.63, 3.8) is 0 Å². The number of rotatable bonds is 9. The Morgan fingerprint density at radius 2 is 1.73 bits per heavy atom. The molecule has 166 valence electrons. The zero-order valence-electron chi connectivity index (χ0n) is 17.9. The third-order valence-corrected chi connectivity index (χ3v) is 6.39. The summed E-state index contributed by atoms with van der Waals surface area (Å²) in [5.41, 5.74) is 5.76. The molecule has 6 heteroatoms. The first kappa shape index (κ1) is 23.1. The minimum atomic E-state index is -0.124. The fourth-order valence-electron chi connectivity index (χ4n) is 3.24. The number of nitrogens with one attached hydrogen (secondary N) is 1. The van der Waals surface area contributed by atoms with E-state index in [2.05, 4.69) is 62.9 Å². The van der Waals surface area contributed by atoms with Crippen LogP contribution in [0.25, 0.3) is 10.8 Å². The molecule has 1 N–H and O–H groups in total. The smallest absolute Gasteiger partial charge is 0.250 e. The fourth-order valence-corrected chi connectivity index (χ4v) is 4.46. The molecule has 0 radical (unpaired) electrons. The van der Waals surface area contributed by atoms with Crippen LogP contribution in [0.1, 0.15) is 16.7 Å². The number of hydrogen-bond acceptors (Lipinski definition) is 4. The van der Waals surface area contributed by atoms with E-state index in [1.807, 2.05) is 54.6 Å². The average molecular weight is 519 g/mol. The Morgan fingerprint density at radius 3 is 2.55 bits per heavy atom. The summed E-state index contributed by atoms with van der Waals surface area (Å²) in [5, 5.41) is 6.48. The van der Waals surface area contributed by atoms with Crippen LogP contribution in [-0.4, -0.2) is 17.9 Å². The van der Waals surface area contributed by atoms with E-state index in [0.29, 0.717) is 12.4 Å². The molecule has 4 aromatic carbocycles. The molecular formula is C27H23BrN2O2S. The Morgan fingerprint density at radius 1 is 0.909 bits per heavy atom. The molecule has 0 heterocycles. The lowest BCUT2D eigenvalue weighted by Crippen LogP contribution is -2.19. The quantitative estimate of drug-likeness (QED) is 0.201. The highest BCUT2D eigenvalue weighted by atomic mass is 79.9. The van der Waals surface area contributed by atoms with Gasteiger partial charge in [-0.15, -0.1) is 11.8 Å². The maximum atomic E-state index is 12.0. The molecule has 0 spiro atoms. The fraction of sp³-hybridized carbons (Fsp3) is 0.111. The molecule has 0 fully saturated rings. The highest BCUT2D eigenvalue weighted by Gasteiger charge is 2.02. The molecule has 0 aliphatic heterocycles. The monoisotopic (exact) mass is 518 g/mol. The van der Waals surface area contributed by atoms with Gasteiger partial charge in [0.25, 0.3) is 0 Å². The van der Waals surface area contributed by atoms with Crippen molar-refractivity contribution in [3.8, 4) is 5.75 Å². The Labute approximate surface area is 206 Å². The van der Waals surface area contributed by atoms with Gasteiger partial charge in [-0.2, -0.15) is 5.10 Å². The molecular weight excluding hydrogens is 496 g/mol. The number of fused-ring (bicyclic) bond motifs is 1. The molecule has 1 amide bonds. The molecule has 4 nitrogen and oxygen atoms in total. The molecule has 0 aliphatic rings. The molecule has 4 aromatic rings. The van der Waals surface area contributed by atoms with Crippen molar-refractivity contribution in [2.24, 2.45) is 5.10 Å². The standard InChI is InChI=1S/C27H23BrN2O2S/c28-25-7-3-4-22(15-25)18-33-19-27(31)30-29-16-20-9-12-26(13-10-20)32-17-21-8-11-23-5-1-2-6-24(23)14-21/h1-16H,17-19H2,(H,30,31)/b29-16-. The van der Waals surface area contributed by atoms with Crippen LogP contribution in [0.3, 0.4) is 0 Å². The minimum absolute atomic E-state index is 0.124. The first-order valence-corrected chi connectivity index (χ1v) is 12.5. The van der Waals surface area contributed by atoms with Gasteiger partial charge in [0, 0.05) is 10.2 Å².